The van der Waals surface area contributed by atoms with Gasteiger partial charge >= 0.3 is 11.9 Å². The zero-order chi connectivity index (χ0) is 29.5. The zero-order valence-electron chi connectivity index (χ0n) is 24.7. The predicted octanol–water partition coefficient (Wildman–Crippen LogP) is 8.23. The largest absolute Gasteiger partial charge is 0.462 e. The number of hydrogen-bond donors (Lipinski definition) is 2. The molecule has 6 nitrogen and oxygen atoms in total. The van der Waals surface area contributed by atoms with Crippen molar-refractivity contribution in [1.29, 1.82) is 0 Å². The highest BCUT2D eigenvalue weighted by molar-refractivity contribution is 5.90. The lowest BCUT2D eigenvalue weighted by Gasteiger charge is -2.28. The summed E-state index contributed by atoms with van der Waals surface area (Å²) >= 11 is 0. The summed E-state index contributed by atoms with van der Waals surface area (Å²) in [5.74, 6) is 0.0859. The summed E-state index contributed by atoms with van der Waals surface area (Å²) in [4.78, 5) is 25.1. The molecular formula is C35H48N2O4. The SMILES string of the molecule is C=CCCCCCC1CCC(OC(=O)c2ccc(C=CC(=O)OCC(CCCC)c3cc(N)cc(N)c3)cc2)CC1. The second kappa shape index (κ2) is 17.3. The second-order valence-corrected chi connectivity index (χ2v) is 11.3. The number of nitrogens with two attached hydrogens (primary N) is 2. The maximum atomic E-state index is 12.7. The number of unbranched alkanes of at least 4 members (excludes halogenated alkanes) is 4. The minimum Gasteiger partial charge on any atom is -0.462 e. The first-order valence-corrected chi connectivity index (χ1v) is 15.3. The molecule has 3 rings (SSSR count). The van der Waals surface area contributed by atoms with Gasteiger partial charge in [0.2, 0.25) is 0 Å². The first-order valence-electron chi connectivity index (χ1n) is 15.3. The van der Waals surface area contributed by atoms with Crippen LogP contribution in [-0.2, 0) is 14.3 Å². The fourth-order valence-corrected chi connectivity index (χ4v) is 5.52. The molecule has 0 bridgehead atoms. The Morgan fingerprint density at radius 2 is 1.68 bits per heavy atom. The van der Waals surface area contributed by atoms with Gasteiger partial charge in [0.25, 0.3) is 0 Å². The highest BCUT2D eigenvalue weighted by Gasteiger charge is 2.24. The monoisotopic (exact) mass is 560 g/mol. The van der Waals surface area contributed by atoms with Gasteiger partial charge in [0.1, 0.15) is 6.10 Å². The van der Waals surface area contributed by atoms with Crippen molar-refractivity contribution in [2.24, 2.45) is 5.92 Å². The first-order chi connectivity index (χ1) is 19.9. The van der Waals surface area contributed by atoms with Crippen LogP contribution in [0.3, 0.4) is 0 Å². The Hall–Kier alpha value is -3.54. The first kappa shape index (κ1) is 32.0. The van der Waals surface area contributed by atoms with Crippen LogP contribution in [0, 0.1) is 5.92 Å². The molecule has 0 aliphatic heterocycles. The van der Waals surface area contributed by atoms with Crippen LogP contribution in [-0.4, -0.2) is 24.6 Å². The van der Waals surface area contributed by atoms with Crippen LogP contribution in [0.5, 0.6) is 0 Å². The van der Waals surface area contributed by atoms with Crippen molar-refractivity contribution in [3.05, 3.63) is 77.9 Å². The van der Waals surface area contributed by atoms with Crippen molar-refractivity contribution in [2.45, 2.75) is 96.0 Å². The van der Waals surface area contributed by atoms with E-state index in [1.54, 1.807) is 24.3 Å². The highest BCUT2D eigenvalue weighted by Crippen LogP contribution is 2.31. The molecule has 41 heavy (non-hydrogen) atoms. The molecule has 1 unspecified atom stereocenters. The van der Waals surface area contributed by atoms with Gasteiger partial charge in [0, 0.05) is 23.4 Å². The van der Waals surface area contributed by atoms with Crippen LogP contribution in [0.2, 0.25) is 0 Å². The molecular weight excluding hydrogens is 512 g/mol. The normalized spacial score (nSPS) is 17.7. The number of carbonyl (C=O) groups is 2. The van der Waals surface area contributed by atoms with Crippen molar-refractivity contribution in [3.63, 3.8) is 0 Å². The number of hydrogen-bond acceptors (Lipinski definition) is 6. The van der Waals surface area contributed by atoms with E-state index in [0.29, 0.717) is 16.9 Å². The van der Waals surface area contributed by atoms with Crippen molar-refractivity contribution in [3.8, 4) is 0 Å². The molecule has 4 N–H and O–H groups in total. The van der Waals surface area contributed by atoms with E-state index in [2.05, 4.69) is 13.5 Å². The van der Waals surface area contributed by atoms with E-state index in [1.807, 2.05) is 30.3 Å². The van der Waals surface area contributed by atoms with Gasteiger partial charge in [-0.05, 0) is 98.4 Å². The summed E-state index contributed by atoms with van der Waals surface area (Å²) in [6, 6.07) is 12.6. The molecule has 0 spiro atoms. The van der Waals surface area contributed by atoms with E-state index in [-0.39, 0.29) is 24.6 Å². The molecule has 1 saturated carbocycles. The van der Waals surface area contributed by atoms with Crippen LogP contribution >= 0.6 is 0 Å². The summed E-state index contributed by atoms with van der Waals surface area (Å²) < 4.78 is 11.4. The standard InChI is InChI=1S/C35H48N2O4/c1-3-5-7-8-9-10-26-14-19-33(20-15-26)41-35(39)28-17-12-27(13-18-28)16-21-34(38)40-25-29(11-6-4-2)30-22-31(36)24-32(37)23-30/h3,12-13,16-18,21-24,26,29,33H,1,4-11,14-15,19-20,25,36-37H2,2H3. The van der Waals surface area contributed by atoms with Crippen LogP contribution in [0.1, 0.15) is 111 Å². The van der Waals surface area contributed by atoms with Gasteiger partial charge in [-0.25, -0.2) is 9.59 Å². The topological polar surface area (TPSA) is 105 Å². The third-order valence-electron chi connectivity index (χ3n) is 7.95. The highest BCUT2D eigenvalue weighted by atomic mass is 16.5. The van der Waals surface area contributed by atoms with E-state index < -0.39 is 5.97 Å². The van der Waals surface area contributed by atoms with Crippen molar-refractivity contribution in [1.82, 2.24) is 0 Å². The molecule has 1 fully saturated rings. The Balaban J connectivity index is 1.42. The lowest BCUT2D eigenvalue weighted by Crippen LogP contribution is -2.24. The predicted molar refractivity (Wildman–Crippen MR) is 168 cm³/mol. The number of benzene rings is 2. The summed E-state index contributed by atoms with van der Waals surface area (Å²) in [5.41, 5.74) is 15.5. The van der Waals surface area contributed by atoms with Crippen LogP contribution in [0.15, 0.2) is 61.2 Å². The Bertz CT molecular complexity index is 1110. The molecule has 6 heteroatoms. The number of nitrogen functional groups attached to an aromatic ring is 2. The molecule has 1 aliphatic rings. The van der Waals surface area contributed by atoms with Gasteiger partial charge in [-0.2, -0.15) is 0 Å². The van der Waals surface area contributed by atoms with E-state index >= 15 is 0 Å². The average Bonchev–Trinajstić information content (AvgIpc) is 2.96. The molecule has 2 aromatic carbocycles. The molecule has 0 heterocycles. The molecule has 2 aromatic rings. The summed E-state index contributed by atoms with van der Waals surface area (Å²) in [6.07, 6.45) is 18.3. The lowest BCUT2D eigenvalue weighted by atomic mass is 9.84. The summed E-state index contributed by atoms with van der Waals surface area (Å²) in [5, 5.41) is 0. The van der Waals surface area contributed by atoms with Gasteiger partial charge < -0.3 is 20.9 Å². The molecule has 1 atom stereocenters. The van der Waals surface area contributed by atoms with Crippen LogP contribution in [0.4, 0.5) is 11.4 Å². The number of allylic oxidation sites excluding steroid dienone is 1. The molecule has 0 radical (unpaired) electrons. The Morgan fingerprint density at radius 1 is 0.976 bits per heavy atom. The van der Waals surface area contributed by atoms with Crippen LogP contribution < -0.4 is 11.5 Å². The average molecular weight is 561 g/mol. The van der Waals surface area contributed by atoms with E-state index in [0.717, 1.165) is 68.4 Å². The quantitative estimate of drug-likeness (QED) is 0.0704. The fourth-order valence-electron chi connectivity index (χ4n) is 5.52. The van der Waals surface area contributed by atoms with E-state index in [4.69, 9.17) is 20.9 Å². The Kier molecular flexibility index (Phi) is 13.5. The van der Waals surface area contributed by atoms with Gasteiger partial charge in [0.15, 0.2) is 0 Å². The second-order valence-electron chi connectivity index (χ2n) is 11.3. The van der Waals surface area contributed by atoms with Crippen molar-refractivity contribution >= 4 is 29.4 Å². The van der Waals surface area contributed by atoms with Crippen LogP contribution in [0.25, 0.3) is 6.08 Å². The summed E-state index contributed by atoms with van der Waals surface area (Å²) in [7, 11) is 0. The molecule has 0 amide bonds. The number of carbonyl (C=O) groups excluding carboxylic acids is 2. The molecule has 222 valence electrons. The van der Waals surface area contributed by atoms with Gasteiger partial charge in [-0.1, -0.05) is 57.2 Å². The minimum atomic E-state index is -0.417. The lowest BCUT2D eigenvalue weighted by molar-refractivity contribution is -0.138. The maximum absolute atomic E-state index is 12.7. The number of ether oxygens (including phenoxy) is 2. The third kappa shape index (κ3) is 11.5. The maximum Gasteiger partial charge on any atom is 0.338 e. The Labute approximate surface area is 246 Å². The zero-order valence-corrected chi connectivity index (χ0v) is 24.7. The van der Waals surface area contributed by atoms with Gasteiger partial charge in [-0.3, -0.25) is 0 Å². The van der Waals surface area contributed by atoms with Crippen molar-refractivity contribution in [2.75, 3.05) is 18.1 Å². The fraction of sp³-hybridized carbons (Fsp3) is 0.486. The number of rotatable bonds is 16. The molecule has 0 saturated heterocycles. The van der Waals surface area contributed by atoms with Gasteiger partial charge in [-0.15, -0.1) is 6.58 Å². The molecule has 1 aliphatic carbocycles. The summed E-state index contributed by atoms with van der Waals surface area (Å²) in [6.45, 7) is 6.17. The number of anilines is 2. The number of esters is 2. The third-order valence-corrected chi connectivity index (χ3v) is 7.95. The minimum absolute atomic E-state index is 0.00113. The van der Waals surface area contributed by atoms with E-state index in [9.17, 15) is 9.59 Å². The van der Waals surface area contributed by atoms with Crippen molar-refractivity contribution < 1.29 is 19.1 Å². The van der Waals surface area contributed by atoms with Gasteiger partial charge in [0.05, 0.1) is 12.2 Å². The molecule has 0 aromatic heterocycles. The Morgan fingerprint density at radius 3 is 2.34 bits per heavy atom. The van der Waals surface area contributed by atoms with E-state index in [1.165, 1.54) is 31.8 Å². The smallest absolute Gasteiger partial charge is 0.338 e.